The van der Waals surface area contributed by atoms with Crippen LogP contribution in [-0.2, 0) is 0 Å². The van der Waals surface area contributed by atoms with Crippen molar-refractivity contribution in [3.63, 3.8) is 0 Å². The molecule has 0 aliphatic carbocycles. The zero-order chi connectivity index (χ0) is 18.8. The van der Waals surface area contributed by atoms with Crippen LogP contribution in [0.15, 0.2) is 22.7 Å². The second-order valence-corrected chi connectivity index (χ2v) is 6.70. The first-order chi connectivity index (χ1) is 12.4. The zero-order valence-electron chi connectivity index (χ0n) is 15.7. The molecule has 3 aromatic heterocycles. The summed E-state index contributed by atoms with van der Waals surface area (Å²) >= 11 is 0. The van der Waals surface area contributed by atoms with Crippen molar-refractivity contribution in [1.82, 2.24) is 20.1 Å². The fourth-order valence-electron chi connectivity index (χ4n) is 3.01. The minimum absolute atomic E-state index is 0.135. The number of nitrogens with zero attached hydrogens (tertiary/aromatic N) is 3. The van der Waals surface area contributed by atoms with Crippen LogP contribution in [0.1, 0.15) is 48.2 Å². The van der Waals surface area contributed by atoms with Crippen LogP contribution in [-0.4, -0.2) is 33.8 Å². The van der Waals surface area contributed by atoms with Gasteiger partial charge in [-0.1, -0.05) is 0 Å². The molecular weight excluding hydrogens is 330 g/mol. The van der Waals surface area contributed by atoms with Gasteiger partial charge in [-0.15, -0.1) is 0 Å². The molecule has 0 saturated carbocycles. The van der Waals surface area contributed by atoms with E-state index >= 15 is 0 Å². The van der Waals surface area contributed by atoms with Crippen molar-refractivity contribution in [2.24, 2.45) is 5.73 Å². The summed E-state index contributed by atoms with van der Waals surface area (Å²) in [6.45, 7) is 8.94. The van der Waals surface area contributed by atoms with Crippen LogP contribution in [0, 0.1) is 13.8 Å². The molecule has 1 amide bonds. The fourth-order valence-corrected chi connectivity index (χ4v) is 3.01. The smallest absolute Gasteiger partial charge is 0.252 e. The number of furan rings is 1. The average molecular weight is 355 g/mol. The lowest BCUT2D eigenvalue weighted by molar-refractivity contribution is 0.0955. The Kier molecular flexibility index (Phi) is 5.08. The van der Waals surface area contributed by atoms with Gasteiger partial charge in [-0.2, -0.15) is 5.10 Å². The first-order valence-corrected chi connectivity index (χ1v) is 8.86. The predicted octanol–water partition coefficient (Wildman–Crippen LogP) is 2.97. The van der Waals surface area contributed by atoms with Gasteiger partial charge in [0, 0.05) is 18.2 Å². The topological polar surface area (TPSA) is 99.0 Å². The van der Waals surface area contributed by atoms with Crippen molar-refractivity contribution in [2.45, 2.75) is 40.2 Å². The van der Waals surface area contributed by atoms with E-state index in [0.717, 1.165) is 28.9 Å². The van der Waals surface area contributed by atoms with Crippen molar-refractivity contribution in [2.75, 3.05) is 13.1 Å². The molecule has 7 heteroatoms. The van der Waals surface area contributed by atoms with Gasteiger partial charge < -0.3 is 15.5 Å². The summed E-state index contributed by atoms with van der Waals surface area (Å²) < 4.78 is 7.47. The Labute approximate surface area is 152 Å². The maximum Gasteiger partial charge on any atom is 0.252 e. The minimum atomic E-state index is -0.145. The molecule has 0 unspecified atom stereocenters. The van der Waals surface area contributed by atoms with E-state index in [9.17, 15) is 4.79 Å². The summed E-state index contributed by atoms with van der Waals surface area (Å²) in [5, 5.41) is 8.09. The number of hydrogen-bond acceptors (Lipinski definition) is 5. The normalized spacial score (nSPS) is 11.5. The number of hydrogen-bond donors (Lipinski definition) is 2. The Morgan fingerprint density at radius 3 is 2.73 bits per heavy atom. The van der Waals surface area contributed by atoms with E-state index in [2.05, 4.69) is 10.4 Å². The highest BCUT2D eigenvalue weighted by atomic mass is 16.3. The third-order valence-electron chi connectivity index (χ3n) is 4.28. The number of carbonyl (C=O) groups is 1. The highest BCUT2D eigenvalue weighted by Crippen LogP contribution is 2.29. The summed E-state index contributed by atoms with van der Waals surface area (Å²) in [6.07, 6.45) is 2.44. The second kappa shape index (κ2) is 7.29. The van der Waals surface area contributed by atoms with Crippen molar-refractivity contribution in [3.05, 3.63) is 35.4 Å². The van der Waals surface area contributed by atoms with E-state index in [1.54, 1.807) is 6.20 Å². The molecule has 0 bridgehead atoms. The predicted molar refractivity (Wildman–Crippen MR) is 101 cm³/mol. The quantitative estimate of drug-likeness (QED) is 0.662. The second-order valence-electron chi connectivity index (χ2n) is 6.70. The Balaban J connectivity index is 2.15. The Morgan fingerprint density at radius 1 is 1.35 bits per heavy atom. The summed E-state index contributed by atoms with van der Waals surface area (Å²) in [4.78, 5) is 17.5. The molecule has 7 nitrogen and oxygen atoms in total. The Morgan fingerprint density at radius 2 is 2.12 bits per heavy atom. The molecular formula is C19H25N5O2. The fraction of sp³-hybridized carbons (Fsp3) is 0.421. The number of pyridine rings is 1. The van der Waals surface area contributed by atoms with Crippen molar-refractivity contribution >= 4 is 16.9 Å². The van der Waals surface area contributed by atoms with Crippen LogP contribution in [0.25, 0.3) is 22.3 Å². The Bertz CT molecular complexity index is 939. The van der Waals surface area contributed by atoms with Gasteiger partial charge >= 0.3 is 0 Å². The van der Waals surface area contributed by atoms with Crippen LogP contribution in [0.5, 0.6) is 0 Å². The van der Waals surface area contributed by atoms with E-state index in [-0.39, 0.29) is 11.9 Å². The molecule has 3 N–H and O–H groups in total. The number of fused-ring (bicyclic) bond motifs is 1. The zero-order valence-corrected chi connectivity index (χ0v) is 15.7. The molecule has 3 aromatic rings. The van der Waals surface area contributed by atoms with E-state index in [1.165, 1.54) is 0 Å². The van der Waals surface area contributed by atoms with Crippen molar-refractivity contribution in [1.29, 1.82) is 0 Å². The maximum absolute atomic E-state index is 12.7. The molecule has 3 rings (SSSR count). The number of carbonyl (C=O) groups excluding carboxylic acids is 1. The molecule has 26 heavy (non-hydrogen) atoms. The average Bonchev–Trinajstić information content (AvgIpc) is 3.16. The van der Waals surface area contributed by atoms with E-state index in [0.29, 0.717) is 30.0 Å². The molecule has 0 spiro atoms. The van der Waals surface area contributed by atoms with Gasteiger partial charge in [-0.3, -0.25) is 4.79 Å². The number of nitrogens with one attached hydrogen (secondary N) is 1. The van der Waals surface area contributed by atoms with Gasteiger partial charge in [0.05, 0.1) is 22.8 Å². The summed E-state index contributed by atoms with van der Waals surface area (Å²) in [5.41, 5.74) is 8.36. The van der Waals surface area contributed by atoms with Crippen LogP contribution in [0.2, 0.25) is 0 Å². The first kappa shape index (κ1) is 18.1. The van der Waals surface area contributed by atoms with Gasteiger partial charge in [0.2, 0.25) is 0 Å². The molecule has 138 valence electrons. The Hall–Kier alpha value is -2.67. The van der Waals surface area contributed by atoms with E-state index in [4.69, 9.17) is 15.1 Å². The molecule has 0 radical (unpaired) electrons. The van der Waals surface area contributed by atoms with Crippen molar-refractivity contribution < 1.29 is 9.21 Å². The largest absolute Gasteiger partial charge is 0.466 e. The van der Waals surface area contributed by atoms with Gasteiger partial charge in [-0.25, -0.2) is 9.67 Å². The highest BCUT2D eigenvalue weighted by molar-refractivity contribution is 6.06. The molecule has 0 aliphatic heterocycles. The monoisotopic (exact) mass is 355 g/mol. The molecule has 0 saturated heterocycles. The number of aryl methyl sites for hydroxylation is 2. The number of aromatic nitrogens is 3. The molecule has 0 atom stereocenters. The highest BCUT2D eigenvalue weighted by Gasteiger charge is 2.20. The molecule has 0 aliphatic rings. The summed E-state index contributed by atoms with van der Waals surface area (Å²) in [6, 6.07) is 3.88. The lowest BCUT2D eigenvalue weighted by Crippen LogP contribution is -2.26. The number of rotatable bonds is 6. The molecule has 0 fully saturated rings. The summed E-state index contributed by atoms with van der Waals surface area (Å²) in [5.74, 6) is 1.44. The maximum atomic E-state index is 12.7. The number of amides is 1. The minimum Gasteiger partial charge on any atom is -0.466 e. The van der Waals surface area contributed by atoms with Gasteiger partial charge in [0.1, 0.15) is 11.5 Å². The third-order valence-corrected chi connectivity index (χ3v) is 4.28. The van der Waals surface area contributed by atoms with Crippen molar-refractivity contribution in [3.8, 4) is 11.3 Å². The van der Waals surface area contributed by atoms with E-state index in [1.807, 2.05) is 44.5 Å². The van der Waals surface area contributed by atoms with Crippen LogP contribution >= 0.6 is 0 Å². The molecule has 3 heterocycles. The summed E-state index contributed by atoms with van der Waals surface area (Å²) in [7, 11) is 0. The van der Waals surface area contributed by atoms with Crippen LogP contribution < -0.4 is 11.1 Å². The van der Waals surface area contributed by atoms with Crippen LogP contribution in [0.4, 0.5) is 0 Å². The van der Waals surface area contributed by atoms with Gasteiger partial charge in [-0.05, 0) is 52.8 Å². The SMILES string of the molecule is Cc1cc(-c2cc(C(=O)NCCCN)c3cnn(C(C)C)c3n2)c(C)o1. The molecule has 0 aromatic carbocycles. The van der Waals surface area contributed by atoms with Gasteiger partial charge in [0.25, 0.3) is 5.91 Å². The standard InChI is InChI=1S/C19H25N5O2/c1-11(2)24-18-16(10-22-24)15(19(25)21-7-5-6-20)9-17(23-18)14-8-12(3)26-13(14)4/h8-11H,5-7,20H2,1-4H3,(H,21,25). The first-order valence-electron chi connectivity index (χ1n) is 8.86. The third kappa shape index (κ3) is 3.35. The van der Waals surface area contributed by atoms with Gasteiger partial charge in [0.15, 0.2) is 5.65 Å². The number of nitrogens with two attached hydrogens (primary N) is 1. The lowest BCUT2D eigenvalue weighted by atomic mass is 10.1. The van der Waals surface area contributed by atoms with Crippen LogP contribution in [0.3, 0.4) is 0 Å². The van der Waals surface area contributed by atoms with E-state index < -0.39 is 0 Å². The lowest BCUT2D eigenvalue weighted by Gasteiger charge is -2.10.